The lowest BCUT2D eigenvalue weighted by molar-refractivity contribution is -0.208. The van der Waals surface area contributed by atoms with Gasteiger partial charge in [0.15, 0.2) is 0 Å². The topological polar surface area (TPSA) is 129 Å². The molecule has 1 aliphatic heterocycles. The molecule has 0 aromatic carbocycles. The van der Waals surface area contributed by atoms with E-state index in [4.69, 9.17) is 10.5 Å². The number of nitriles is 1. The lowest BCUT2D eigenvalue weighted by atomic mass is 9.46. The highest BCUT2D eigenvalue weighted by Gasteiger charge is 2.64. The molecule has 1 heterocycles. The summed E-state index contributed by atoms with van der Waals surface area (Å²) in [6, 6.07) is 0.693. The summed E-state index contributed by atoms with van der Waals surface area (Å²) >= 11 is 0. The number of carbonyl (C=O) groups excluding carboxylic acids is 2. The molecule has 0 aromatic heterocycles. The first-order valence-corrected chi connectivity index (χ1v) is 11.8. The largest absolute Gasteiger partial charge is 0.458 e. The van der Waals surface area contributed by atoms with Gasteiger partial charge in [0.2, 0.25) is 5.91 Å². The molecule has 3 unspecified atom stereocenters. The van der Waals surface area contributed by atoms with Crippen molar-refractivity contribution < 1.29 is 19.4 Å². The zero-order chi connectivity index (χ0) is 22.1. The summed E-state index contributed by atoms with van der Waals surface area (Å²) < 4.78 is 6.12. The summed E-state index contributed by atoms with van der Waals surface area (Å²) in [5.74, 6) is 0.734. The van der Waals surface area contributed by atoms with E-state index in [0.717, 1.165) is 44.9 Å². The van der Waals surface area contributed by atoms with E-state index < -0.39 is 29.8 Å². The maximum absolute atomic E-state index is 13.5. The van der Waals surface area contributed by atoms with Gasteiger partial charge in [-0.3, -0.25) is 9.59 Å². The first-order chi connectivity index (χ1) is 14.7. The van der Waals surface area contributed by atoms with Gasteiger partial charge in [-0.15, -0.1) is 0 Å². The number of aliphatic hydroxyl groups excluding tert-OH is 1. The Labute approximate surface area is 183 Å². The monoisotopic (exact) mass is 430 g/mol. The summed E-state index contributed by atoms with van der Waals surface area (Å²) in [4.78, 5) is 28.2. The molecule has 8 heteroatoms. The van der Waals surface area contributed by atoms with Crippen molar-refractivity contribution in [3.05, 3.63) is 0 Å². The molecule has 4 bridgehead atoms. The number of rotatable bonds is 6. The minimum absolute atomic E-state index is 0.0861. The van der Waals surface area contributed by atoms with Crippen molar-refractivity contribution in [1.82, 2.24) is 10.2 Å². The number of carbonyl (C=O) groups is 2. The summed E-state index contributed by atoms with van der Waals surface area (Å²) in [5, 5.41) is 22.3. The van der Waals surface area contributed by atoms with Crippen molar-refractivity contribution in [1.29, 1.82) is 5.26 Å². The molecule has 6 fully saturated rings. The number of nitrogens with two attached hydrogens (primary N) is 1. The second kappa shape index (κ2) is 7.16. The molecular weight excluding hydrogens is 396 g/mol. The number of nitrogens with zero attached hydrogens (tertiary/aromatic N) is 2. The molecule has 4 N–H and O–H groups in total. The number of hydrogen-bond acceptors (Lipinski definition) is 7. The van der Waals surface area contributed by atoms with Crippen molar-refractivity contribution in [2.24, 2.45) is 28.9 Å². The predicted octanol–water partition coefficient (Wildman–Crippen LogP) is 0.678. The number of ether oxygens (including phenoxy) is 1. The predicted molar refractivity (Wildman–Crippen MR) is 111 cm³/mol. The fraction of sp³-hybridized carbons (Fsp3) is 0.870. The van der Waals surface area contributed by atoms with E-state index in [0.29, 0.717) is 24.2 Å². The van der Waals surface area contributed by atoms with Gasteiger partial charge in [0.05, 0.1) is 18.2 Å². The van der Waals surface area contributed by atoms with Gasteiger partial charge in [0.1, 0.15) is 17.7 Å². The normalized spacial score (nSPS) is 44.9. The van der Waals surface area contributed by atoms with E-state index in [9.17, 15) is 20.0 Å². The third kappa shape index (κ3) is 3.28. The van der Waals surface area contributed by atoms with Crippen LogP contribution in [0.2, 0.25) is 0 Å². The van der Waals surface area contributed by atoms with Gasteiger partial charge >= 0.3 is 5.97 Å². The standard InChI is InChI=1S/C23H34N4O4/c1-12(28)18(26-2)21(30)31-23-8-13-3-14(9-23)7-22(6-13,11-23)19(25)20(29)27-16(10-24)4-15-5-17(15)27/h12-19,26,28H,3-9,11,25H2,1-2H3/t12?,13?,14?,15-,16+,17+,18+,19-,22?,23?/m1/s1. The van der Waals surface area contributed by atoms with E-state index in [-0.39, 0.29) is 23.4 Å². The molecular formula is C23H34N4O4. The molecule has 0 aromatic rings. The Morgan fingerprint density at radius 1 is 1.23 bits per heavy atom. The average Bonchev–Trinajstić information content (AvgIpc) is 3.35. The molecule has 5 aliphatic carbocycles. The van der Waals surface area contributed by atoms with Gasteiger partial charge in [-0.1, -0.05) is 0 Å². The quantitative estimate of drug-likeness (QED) is 0.529. The Morgan fingerprint density at radius 2 is 1.90 bits per heavy atom. The van der Waals surface area contributed by atoms with E-state index in [1.807, 2.05) is 0 Å². The first kappa shape index (κ1) is 21.2. The molecule has 0 radical (unpaired) electrons. The zero-order valence-corrected chi connectivity index (χ0v) is 18.4. The molecule has 170 valence electrons. The van der Waals surface area contributed by atoms with Crippen LogP contribution in [0.1, 0.15) is 58.3 Å². The molecule has 6 aliphatic rings. The van der Waals surface area contributed by atoms with Crippen molar-refractivity contribution >= 4 is 11.9 Å². The minimum atomic E-state index is -0.853. The summed E-state index contributed by atoms with van der Waals surface area (Å²) in [6.45, 7) is 1.57. The van der Waals surface area contributed by atoms with Crippen LogP contribution in [0.3, 0.4) is 0 Å². The van der Waals surface area contributed by atoms with Crippen molar-refractivity contribution in [2.75, 3.05) is 7.05 Å². The number of amides is 1. The fourth-order valence-electron chi connectivity index (χ4n) is 7.88. The van der Waals surface area contributed by atoms with E-state index in [1.165, 1.54) is 0 Å². The van der Waals surface area contributed by atoms with Gasteiger partial charge in [0.25, 0.3) is 0 Å². The van der Waals surface area contributed by atoms with E-state index in [1.54, 1.807) is 18.9 Å². The minimum Gasteiger partial charge on any atom is -0.458 e. The number of nitrogens with one attached hydrogen (secondary N) is 1. The van der Waals surface area contributed by atoms with Gasteiger partial charge in [-0.2, -0.15) is 5.26 Å². The van der Waals surface area contributed by atoms with Crippen molar-refractivity contribution in [2.45, 2.75) is 94.2 Å². The number of likely N-dealkylation sites (N-methyl/N-ethyl adjacent to an activating group) is 1. The van der Waals surface area contributed by atoms with Gasteiger partial charge in [0, 0.05) is 6.04 Å². The Morgan fingerprint density at radius 3 is 2.48 bits per heavy atom. The maximum atomic E-state index is 13.5. The highest BCUT2D eigenvalue weighted by atomic mass is 16.6. The van der Waals surface area contributed by atoms with Crippen LogP contribution >= 0.6 is 0 Å². The Balaban J connectivity index is 1.38. The third-order valence-corrected chi connectivity index (χ3v) is 8.85. The molecule has 1 saturated heterocycles. The Kier molecular flexibility index (Phi) is 4.89. The van der Waals surface area contributed by atoms with Gasteiger partial charge in [-0.05, 0) is 88.5 Å². The average molecular weight is 431 g/mol. The second-order valence-corrected chi connectivity index (χ2v) is 11.1. The molecule has 0 spiro atoms. The van der Waals surface area contributed by atoms with Gasteiger partial charge in [-0.25, -0.2) is 0 Å². The summed E-state index contributed by atoms with van der Waals surface area (Å²) in [5.41, 5.74) is 5.74. The number of likely N-dealkylation sites (tertiary alicyclic amines) is 1. The summed E-state index contributed by atoms with van der Waals surface area (Å²) in [7, 11) is 1.64. The number of piperidine rings is 1. The fourth-order valence-corrected chi connectivity index (χ4v) is 7.88. The van der Waals surface area contributed by atoms with Crippen LogP contribution in [0.15, 0.2) is 0 Å². The molecule has 5 saturated carbocycles. The van der Waals surface area contributed by atoms with Gasteiger partial charge < -0.3 is 25.8 Å². The zero-order valence-electron chi connectivity index (χ0n) is 18.4. The van der Waals surface area contributed by atoms with E-state index in [2.05, 4.69) is 11.4 Å². The first-order valence-electron chi connectivity index (χ1n) is 11.8. The number of esters is 1. The van der Waals surface area contributed by atoms with Crippen LogP contribution in [-0.4, -0.2) is 64.8 Å². The SMILES string of the molecule is CN[C@H](C(=O)OC12CC3CC(C1)CC([C@H](N)C(=O)N1[C@H](C#N)C[C@@H]4C[C@@H]41)(C3)C2)C(C)O. The smallest absolute Gasteiger partial charge is 0.326 e. The number of hydrogen-bond donors (Lipinski definition) is 3. The second-order valence-electron chi connectivity index (χ2n) is 11.1. The molecule has 8 atom stereocenters. The number of fused-ring (bicyclic) bond motifs is 1. The highest BCUT2D eigenvalue weighted by molar-refractivity contribution is 5.84. The maximum Gasteiger partial charge on any atom is 0.326 e. The highest BCUT2D eigenvalue weighted by Crippen LogP contribution is 2.64. The molecule has 6 rings (SSSR count). The molecule has 1 amide bonds. The van der Waals surface area contributed by atoms with Crippen molar-refractivity contribution in [3.63, 3.8) is 0 Å². The Bertz CT molecular complexity index is 809. The van der Waals surface area contributed by atoms with Crippen LogP contribution in [-0.2, 0) is 14.3 Å². The van der Waals surface area contributed by atoms with Crippen LogP contribution in [0.5, 0.6) is 0 Å². The van der Waals surface area contributed by atoms with Crippen LogP contribution in [0.4, 0.5) is 0 Å². The lowest BCUT2D eigenvalue weighted by Crippen LogP contribution is -2.66. The van der Waals surface area contributed by atoms with Crippen LogP contribution in [0.25, 0.3) is 0 Å². The third-order valence-electron chi connectivity index (χ3n) is 8.85. The molecule has 31 heavy (non-hydrogen) atoms. The number of aliphatic hydroxyl groups is 1. The van der Waals surface area contributed by atoms with Crippen LogP contribution < -0.4 is 11.1 Å². The lowest BCUT2D eigenvalue weighted by Gasteiger charge is -2.62. The summed E-state index contributed by atoms with van der Waals surface area (Å²) in [6.07, 6.45) is 6.00. The van der Waals surface area contributed by atoms with Crippen LogP contribution in [0, 0.1) is 34.5 Å². The van der Waals surface area contributed by atoms with E-state index >= 15 is 0 Å². The molecule has 8 nitrogen and oxygen atoms in total. The van der Waals surface area contributed by atoms with Crippen molar-refractivity contribution in [3.8, 4) is 6.07 Å². The Hall–Kier alpha value is -1.69.